The first-order chi connectivity index (χ1) is 32.2. The number of ether oxygens (including phenoxy) is 2. The summed E-state index contributed by atoms with van der Waals surface area (Å²) in [6.07, 6.45) is -2.31. The number of hydrogen-bond donors (Lipinski definition) is 3. The molecule has 22 nitrogen and oxygen atoms in total. The highest BCUT2D eigenvalue weighted by atomic mass is 127. The Morgan fingerprint density at radius 3 is 1.60 bits per heavy atom. The average molecular weight is 1330 g/mol. The Morgan fingerprint density at radius 2 is 1.17 bits per heavy atom. The van der Waals surface area contributed by atoms with Crippen molar-refractivity contribution in [2.75, 3.05) is 46.5 Å². The van der Waals surface area contributed by atoms with Crippen LogP contribution in [-0.4, -0.2) is 112 Å². The molecule has 3 N–H and O–H groups in total. The number of aromatic amines is 2. The zero-order chi connectivity index (χ0) is 52.6. The second kappa shape index (κ2) is 26.3. The Balaban J connectivity index is 0.000000330. The summed E-state index contributed by atoms with van der Waals surface area (Å²) in [5, 5.41) is 0. The molecule has 5 rings (SSSR count). The van der Waals surface area contributed by atoms with E-state index < -0.39 is 89.8 Å². The summed E-state index contributed by atoms with van der Waals surface area (Å²) < 4.78 is 104. The lowest BCUT2D eigenvalue weighted by molar-refractivity contribution is -0.0413. The monoisotopic (exact) mass is 1330 g/mol. The molecule has 2 aliphatic heterocycles. The molecule has 0 amide bonds. The minimum absolute atomic E-state index is 0.0921. The van der Waals surface area contributed by atoms with Crippen LogP contribution in [0.25, 0.3) is 0 Å². The van der Waals surface area contributed by atoms with E-state index in [9.17, 15) is 42.3 Å². The molecule has 0 bridgehead atoms. The van der Waals surface area contributed by atoms with Crippen molar-refractivity contribution in [2.24, 2.45) is 0 Å². The molecule has 1 aromatic carbocycles. The van der Waals surface area contributed by atoms with E-state index in [0.29, 0.717) is 9.99 Å². The summed E-state index contributed by atoms with van der Waals surface area (Å²) in [5.41, 5.74) is -1.29. The van der Waals surface area contributed by atoms with Gasteiger partial charge in [0, 0.05) is 61.5 Å². The van der Waals surface area contributed by atoms with E-state index in [0.717, 1.165) is 17.1 Å². The van der Waals surface area contributed by atoms with Crippen molar-refractivity contribution in [3.8, 4) is 0 Å². The number of halogens is 2. The molecule has 0 spiro atoms. The average Bonchev–Trinajstić information content (AvgIpc) is 3.79. The zero-order valence-electron chi connectivity index (χ0n) is 40.5. The molecule has 0 saturated carbocycles. The number of H-pyrrole nitrogens is 2. The van der Waals surface area contributed by atoms with E-state index in [4.69, 9.17) is 41.1 Å². The number of nitrogens with one attached hydrogen (secondary N) is 2. The van der Waals surface area contributed by atoms with E-state index in [-0.39, 0.29) is 53.2 Å². The molecule has 2 fully saturated rings. The molecular formula is C40H62I2N4O18P4S2. The number of aromatic nitrogens is 4. The summed E-state index contributed by atoms with van der Waals surface area (Å²) >= 11 is 3.59. The third kappa shape index (κ3) is 20.8. The van der Waals surface area contributed by atoms with E-state index >= 15 is 0 Å². The lowest BCUT2D eigenvalue weighted by Gasteiger charge is -2.24. The lowest BCUT2D eigenvalue weighted by Crippen LogP contribution is -2.33. The largest absolute Gasteiger partial charge is 0.349 e. The molecule has 2 saturated heterocycles. The predicted octanol–water partition coefficient (Wildman–Crippen LogP) is 8.59. The third-order valence-corrected chi connectivity index (χ3v) is 19.1. The van der Waals surface area contributed by atoms with Crippen LogP contribution in [0.3, 0.4) is 0 Å². The van der Waals surface area contributed by atoms with Crippen molar-refractivity contribution in [2.45, 2.75) is 126 Å². The molecule has 0 radical (unpaired) electrons. The molecule has 2 aromatic heterocycles. The van der Waals surface area contributed by atoms with Crippen molar-refractivity contribution in [1.29, 1.82) is 0 Å². The summed E-state index contributed by atoms with van der Waals surface area (Å²) in [4.78, 5) is 62.9. The number of nitrogens with zero attached hydrogens (tertiary/aromatic N) is 2. The van der Waals surface area contributed by atoms with Gasteiger partial charge < -0.3 is 46.0 Å². The normalized spacial score (nSPS) is 24.1. The van der Waals surface area contributed by atoms with Gasteiger partial charge in [0.25, 0.3) is 11.1 Å². The van der Waals surface area contributed by atoms with Crippen LogP contribution in [0.2, 0.25) is 0 Å². The van der Waals surface area contributed by atoms with E-state index in [1.165, 1.54) is 41.5 Å². The standard InChI is InChI=1S/C26H39IN2O9P2S2.C14H23IN2O9P2/c1-17(2)37-40(7,33)38-20-14-23(29-15-19(27)24(30)28-25(29)31)36-21(20)16-35-39(6,32)34-13-12-18-10-8-9-11-22(18)41-42-26(3,4)5;1-8(2)25-28(4,22)26-10-5-12(24-11(10)7-23-27(3,20)21)17-6-9(15)13(18)16-14(17)19/h8-11,15,17,20-21,23H,12-14,16H2,1-7H3,(H,28,30,31);6,8,10-12H,5,7H2,1-4H3,(H,20,21)(H,16,18,19)/t20-,21-,23-,39?,40?;10-,11-,12-,28?/m11/s1. The quantitative estimate of drug-likeness (QED) is 0.0482. The zero-order valence-corrected chi connectivity index (χ0v) is 50.0. The Labute approximate surface area is 441 Å². The molecule has 3 aromatic rings. The fraction of sp³-hybridized carbons (Fsp3) is 0.650. The predicted molar refractivity (Wildman–Crippen MR) is 285 cm³/mol. The van der Waals surface area contributed by atoms with Gasteiger partial charge in [0.15, 0.2) is 0 Å². The highest BCUT2D eigenvalue weighted by molar-refractivity contribution is 14.1. The van der Waals surface area contributed by atoms with Crippen LogP contribution in [0, 0.1) is 7.14 Å². The molecule has 70 heavy (non-hydrogen) atoms. The van der Waals surface area contributed by atoms with Crippen LogP contribution in [0.5, 0.6) is 0 Å². The smallest absolute Gasteiger partial charge is 0.330 e. The van der Waals surface area contributed by atoms with Crippen molar-refractivity contribution in [1.82, 2.24) is 19.1 Å². The molecule has 4 unspecified atom stereocenters. The van der Waals surface area contributed by atoms with Crippen molar-refractivity contribution in [3.63, 3.8) is 0 Å². The van der Waals surface area contributed by atoms with Crippen LogP contribution in [0.4, 0.5) is 0 Å². The van der Waals surface area contributed by atoms with Gasteiger partial charge in [-0.05, 0) is 90.9 Å². The summed E-state index contributed by atoms with van der Waals surface area (Å²) in [6.45, 7) is 18.1. The van der Waals surface area contributed by atoms with Crippen molar-refractivity contribution >= 4 is 97.2 Å². The molecule has 2 aliphatic rings. The maximum Gasteiger partial charge on any atom is 0.330 e. The van der Waals surface area contributed by atoms with Gasteiger partial charge in [-0.3, -0.25) is 47.0 Å². The Bertz CT molecular complexity index is 2690. The number of benzene rings is 1. The van der Waals surface area contributed by atoms with Gasteiger partial charge >= 0.3 is 41.8 Å². The fourth-order valence-electron chi connectivity index (χ4n) is 6.66. The topological polar surface area (TPSA) is 281 Å². The maximum absolute atomic E-state index is 13.2. The third-order valence-electron chi connectivity index (χ3n) is 9.29. The van der Waals surface area contributed by atoms with Gasteiger partial charge in [-0.1, -0.05) is 60.6 Å². The molecule has 0 aliphatic carbocycles. The first-order valence-electron chi connectivity index (χ1n) is 21.7. The lowest BCUT2D eigenvalue weighted by atomic mass is 10.2. The van der Waals surface area contributed by atoms with Gasteiger partial charge in [0.1, 0.15) is 24.7 Å². The van der Waals surface area contributed by atoms with Crippen LogP contribution >= 0.6 is 97.2 Å². The summed E-state index contributed by atoms with van der Waals surface area (Å²) in [7, 11) is -10.8. The molecule has 10 atom stereocenters. The first-order valence-corrected chi connectivity index (χ1v) is 34.0. The molecular weight excluding hydrogens is 1270 g/mol. The van der Waals surface area contributed by atoms with E-state index in [1.54, 1.807) is 71.9 Å². The number of hydrogen-bond acceptors (Lipinski definition) is 19. The Kier molecular flexibility index (Phi) is 23.3. The molecule has 30 heteroatoms. The van der Waals surface area contributed by atoms with Gasteiger partial charge in [-0.15, -0.1) is 0 Å². The van der Waals surface area contributed by atoms with Crippen LogP contribution in [-0.2, 0) is 65.8 Å². The highest BCUT2D eigenvalue weighted by Crippen LogP contribution is 2.52. The molecule has 4 heterocycles. The minimum Gasteiger partial charge on any atom is -0.349 e. The Hall–Kier alpha value is -0.740. The number of rotatable bonds is 22. The van der Waals surface area contributed by atoms with Crippen LogP contribution < -0.4 is 22.5 Å². The van der Waals surface area contributed by atoms with E-state index in [2.05, 4.69) is 36.8 Å². The molecule has 396 valence electrons. The second-order valence-electron chi connectivity index (χ2n) is 17.8. The van der Waals surface area contributed by atoms with Gasteiger partial charge in [0.2, 0.25) is 0 Å². The van der Waals surface area contributed by atoms with E-state index in [1.807, 2.05) is 40.8 Å². The van der Waals surface area contributed by atoms with Gasteiger partial charge in [-0.25, -0.2) is 9.59 Å². The minimum atomic E-state index is -3.79. The van der Waals surface area contributed by atoms with Crippen molar-refractivity contribution < 1.29 is 64.3 Å². The summed E-state index contributed by atoms with van der Waals surface area (Å²) in [6, 6.07) is 8.02. The SMILES string of the molecule is CC(C)OP(C)(=O)O[C@@H]1C[C@H](n2cc(I)c(=O)[nH]c2=O)O[C@@H]1COP(C)(=O)O.CC(C)OP(C)(=O)O[C@@H]1C[C@H](n2cc(I)c(=O)[nH]c2=O)O[C@@H]1COP(C)(=O)OCCc1ccccc1SSC(C)(C)C. The maximum atomic E-state index is 13.2. The van der Waals surface area contributed by atoms with Gasteiger partial charge in [0.05, 0.1) is 51.4 Å². The summed E-state index contributed by atoms with van der Waals surface area (Å²) in [5.74, 6) is 0. The second-order valence-corrected chi connectivity index (χ2v) is 31.0. The van der Waals surface area contributed by atoms with Crippen molar-refractivity contribution in [3.05, 3.63) is 91.0 Å². The Morgan fingerprint density at radius 1 is 0.729 bits per heavy atom. The highest BCUT2D eigenvalue weighted by Gasteiger charge is 2.44. The van der Waals surface area contributed by atoms with Crippen LogP contribution in [0.15, 0.2) is 60.7 Å². The van der Waals surface area contributed by atoms with Gasteiger partial charge in [-0.2, -0.15) is 0 Å². The van der Waals surface area contributed by atoms with Crippen LogP contribution in [0.1, 0.15) is 79.3 Å². The fourth-order valence-corrected chi connectivity index (χ4v) is 14.2. The first kappa shape index (κ1) is 61.8.